The molecule has 174 valence electrons. The maximum Gasteiger partial charge on any atom is 0.266 e. The van der Waals surface area contributed by atoms with E-state index in [0.717, 1.165) is 53.9 Å². The summed E-state index contributed by atoms with van der Waals surface area (Å²) < 4.78 is 8.13. The van der Waals surface area contributed by atoms with Crippen LogP contribution in [0.2, 0.25) is 0 Å². The highest BCUT2D eigenvalue weighted by atomic mass is 32.2. The highest BCUT2D eigenvalue weighted by molar-refractivity contribution is 8.26. The first-order valence-electron chi connectivity index (χ1n) is 11.8. The Labute approximate surface area is 209 Å². The SMILES string of the molecule is CCOc1ccc(-c2nn(-c3ccccc3)cc2/C=C2/SC(=S)N(C3CCCCC3)C2=O)cc1. The van der Waals surface area contributed by atoms with E-state index in [2.05, 4.69) is 0 Å². The molecule has 5 rings (SSSR count). The van der Waals surface area contributed by atoms with Gasteiger partial charge in [0.05, 0.1) is 22.9 Å². The molecule has 2 aliphatic rings. The highest BCUT2D eigenvalue weighted by Crippen LogP contribution is 2.38. The van der Waals surface area contributed by atoms with Crippen molar-refractivity contribution in [3.8, 4) is 22.7 Å². The van der Waals surface area contributed by atoms with Crippen molar-refractivity contribution in [1.82, 2.24) is 14.7 Å². The van der Waals surface area contributed by atoms with Crippen molar-refractivity contribution in [3.05, 3.63) is 71.3 Å². The van der Waals surface area contributed by atoms with Gasteiger partial charge in [-0.15, -0.1) is 0 Å². The number of benzene rings is 2. The number of aromatic nitrogens is 2. The second-order valence-electron chi connectivity index (χ2n) is 8.51. The monoisotopic (exact) mass is 489 g/mol. The number of rotatable bonds is 6. The first kappa shape index (κ1) is 22.9. The van der Waals surface area contributed by atoms with Crippen molar-refractivity contribution in [2.75, 3.05) is 6.61 Å². The van der Waals surface area contributed by atoms with Gasteiger partial charge >= 0.3 is 0 Å². The number of amides is 1. The molecule has 34 heavy (non-hydrogen) atoms. The number of hydrogen-bond donors (Lipinski definition) is 0. The molecule has 5 nitrogen and oxygen atoms in total. The second-order valence-corrected chi connectivity index (χ2v) is 10.2. The quantitative estimate of drug-likeness (QED) is 0.293. The Morgan fingerprint density at radius 2 is 1.82 bits per heavy atom. The number of carbonyl (C=O) groups excluding carboxylic acids is 1. The molecule has 0 unspecified atom stereocenters. The lowest BCUT2D eigenvalue weighted by Crippen LogP contribution is -2.39. The summed E-state index contributed by atoms with van der Waals surface area (Å²) >= 11 is 7.03. The number of para-hydroxylation sites is 1. The van der Waals surface area contributed by atoms with Crippen molar-refractivity contribution in [3.63, 3.8) is 0 Å². The van der Waals surface area contributed by atoms with Gasteiger partial charge in [0.15, 0.2) is 0 Å². The minimum Gasteiger partial charge on any atom is -0.494 e. The first-order valence-corrected chi connectivity index (χ1v) is 13.0. The predicted octanol–water partition coefficient (Wildman–Crippen LogP) is 6.47. The van der Waals surface area contributed by atoms with E-state index in [1.54, 1.807) is 0 Å². The van der Waals surface area contributed by atoms with Crippen LogP contribution in [0, 0.1) is 0 Å². The van der Waals surface area contributed by atoms with Crippen LogP contribution in [0.3, 0.4) is 0 Å². The normalized spacial score (nSPS) is 18.1. The van der Waals surface area contributed by atoms with Gasteiger partial charge < -0.3 is 4.74 Å². The summed E-state index contributed by atoms with van der Waals surface area (Å²) in [5, 5.41) is 4.89. The van der Waals surface area contributed by atoms with Crippen LogP contribution in [-0.2, 0) is 4.79 Å². The molecule has 2 heterocycles. The number of thioether (sulfide) groups is 1. The van der Waals surface area contributed by atoms with Crippen molar-refractivity contribution >= 4 is 40.3 Å². The zero-order chi connectivity index (χ0) is 23.5. The Balaban J connectivity index is 1.52. The standard InChI is InChI=1S/C27H27N3O2S2/c1-2-32-23-15-13-19(14-16-23)25-20(18-29(28-25)21-9-5-3-6-10-21)17-24-26(31)30(27(33)34-24)22-11-7-4-8-12-22/h3,5-6,9-10,13-18,22H,2,4,7-8,11-12H2,1H3/b24-17+. The Hall–Kier alpha value is -2.90. The van der Waals surface area contributed by atoms with Gasteiger partial charge in [-0.3, -0.25) is 9.69 Å². The van der Waals surface area contributed by atoms with Crippen molar-refractivity contribution in [2.24, 2.45) is 0 Å². The molecule has 0 N–H and O–H groups in total. The van der Waals surface area contributed by atoms with Crippen molar-refractivity contribution in [1.29, 1.82) is 0 Å². The minimum absolute atomic E-state index is 0.0204. The first-order chi connectivity index (χ1) is 16.6. The number of thiocarbonyl (C=S) groups is 1. The molecule has 0 radical (unpaired) electrons. The third-order valence-corrected chi connectivity index (χ3v) is 7.58. The summed E-state index contributed by atoms with van der Waals surface area (Å²) in [6.07, 6.45) is 9.55. The van der Waals surface area contributed by atoms with Crippen LogP contribution >= 0.6 is 24.0 Å². The fourth-order valence-electron chi connectivity index (χ4n) is 4.58. The molecule has 1 saturated carbocycles. The zero-order valence-corrected chi connectivity index (χ0v) is 20.8. The smallest absolute Gasteiger partial charge is 0.266 e. The van der Waals surface area contributed by atoms with E-state index in [1.165, 1.54) is 18.2 Å². The second kappa shape index (κ2) is 10.2. The summed E-state index contributed by atoms with van der Waals surface area (Å²) in [7, 11) is 0. The number of nitrogens with zero attached hydrogens (tertiary/aromatic N) is 3. The lowest BCUT2D eigenvalue weighted by Gasteiger charge is -2.29. The van der Waals surface area contributed by atoms with Crippen molar-refractivity contribution in [2.45, 2.75) is 45.1 Å². The van der Waals surface area contributed by atoms with Crippen LogP contribution in [-0.4, -0.2) is 37.6 Å². The molecule has 0 bridgehead atoms. The van der Waals surface area contributed by atoms with Crippen LogP contribution in [0.4, 0.5) is 0 Å². The summed E-state index contributed by atoms with van der Waals surface area (Å²) in [6, 6.07) is 18.1. The van der Waals surface area contributed by atoms with E-state index in [-0.39, 0.29) is 11.9 Å². The topological polar surface area (TPSA) is 47.4 Å². The largest absolute Gasteiger partial charge is 0.494 e. The molecular weight excluding hydrogens is 462 g/mol. The van der Waals surface area contributed by atoms with Gasteiger partial charge in [-0.05, 0) is 62.2 Å². The van der Waals surface area contributed by atoms with Gasteiger partial charge in [0.1, 0.15) is 10.1 Å². The van der Waals surface area contributed by atoms with Crippen LogP contribution in [0.1, 0.15) is 44.6 Å². The Morgan fingerprint density at radius 1 is 1.09 bits per heavy atom. The fourth-order valence-corrected chi connectivity index (χ4v) is 5.97. The molecule has 0 atom stereocenters. The zero-order valence-electron chi connectivity index (χ0n) is 19.1. The summed E-state index contributed by atoms with van der Waals surface area (Å²) in [6.45, 7) is 2.59. The molecular formula is C27H27N3O2S2. The minimum atomic E-state index is 0.0204. The molecule has 2 aromatic carbocycles. The molecule has 1 aliphatic carbocycles. The van der Waals surface area contributed by atoms with Gasteiger partial charge in [-0.2, -0.15) is 5.10 Å². The van der Waals surface area contributed by atoms with Gasteiger partial charge in [0.25, 0.3) is 5.91 Å². The van der Waals surface area contributed by atoms with Gasteiger partial charge in [-0.25, -0.2) is 4.68 Å². The van der Waals surface area contributed by atoms with Gasteiger partial charge in [0.2, 0.25) is 0 Å². The van der Waals surface area contributed by atoms with E-state index < -0.39 is 0 Å². The van der Waals surface area contributed by atoms with E-state index in [0.29, 0.717) is 15.8 Å². The van der Waals surface area contributed by atoms with Crippen molar-refractivity contribution < 1.29 is 9.53 Å². The molecule has 1 amide bonds. The fraction of sp³-hybridized carbons (Fsp3) is 0.296. The van der Waals surface area contributed by atoms with Crippen LogP contribution in [0.5, 0.6) is 5.75 Å². The number of ether oxygens (including phenoxy) is 1. The van der Waals surface area contributed by atoms with Gasteiger partial charge in [-0.1, -0.05) is 61.4 Å². The van der Waals surface area contributed by atoms with Crippen LogP contribution in [0.15, 0.2) is 65.7 Å². The van der Waals surface area contributed by atoms with Crippen LogP contribution < -0.4 is 4.74 Å². The highest BCUT2D eigenvalue weighted by Gasteiger charge is 2.37. The Morgan fingerprint density at radius 3 is 2.53 bits per heavy atom. The summed E-state index contributed by atoms with van der Waals surface area (Å²) in [5.74, 6) is 0.843. The lowest BCUT2D eigenvalue weighted by molar-refractivity contribution is -0.124. The van der Waals surface area contributed by atoms with E-state index in [4.69, 9.17) is 22.1 Å². The number of hydrogen-bond acceptors (Lipinski definition) is 5. The molecule has 2 fully saturated rings. The molecule has 7 heteroatoms. The lowest BCUT2D eigenvalue weighted by atomic mass is 9.94. The molecule has 3 aromatic rings. The molecule has 1 aromatic heterocycles. The summed E-state index contributed by atoms with van der Waals surface area (Å²) in [5.41, 5.74) is 3.63. The number of carbonyl (C=O) groups is 1. The predicted molar refractivity (Wildman–Crippen MR) is 142 cm³/mol. The molecule has 1 saturated heterocycles. The average molecular weight is 490 g/mol. The maximum atomic E-state index is 13.4. The van der Waals surface area contributed by atoms with Crippen LogP contribution in [0.25, 0.3) is 23.0 Å². The average Bonchev–Trinajstić information content (AvgIpc) is 3.41. The van der Waals surface area contributed by atoms with E-state index in [1.807, 2.05) is 83.4 Å². The Kier molecular flexibility index (Phi) is 6.83. The molecule has 0 spiro atoms. The van der Waals surface area contributed by atoms with Gasteiger partial charge in [0, 0.05) is 23.4 Å². The summed E-state index contributed by atoms with van der Waals surface area (Å²) in [4.78, 5) is 15.9. The van der Waals surface area contributed by atoms with E-state index in [9.17, 15) is 4.79 Å². The van der Waals surface area contributed by atoms with E-state index >= 15 is 0 Å². The third-order valence-electron chi connectivity index (χ3n) is 6.25. The Bertz CT molecular complexity index is 1210. The maximum absolute atomic E-state index is 13.4. The third kappa shape index (κ3) is 4.68. The molecule has 1 aliphatic heterocycles.